The molecule has 1 aliphatic heterocycles. The fourth-order valence-corrected chi connectivity index (χ4v) is 4.43. The van der Waals surface area contributed by atoms with E-state index in [0.29, 0.717) is 11.1 Å². The monoisotopic (exact) mass is 461 g/mol. The van der Waals surface area contributed by atoms with Crippen LogP contribution in [0.1, 0.15) is 94.8 Å². The van der Waals surface area contributed by atoms with E-state index < -0.39 is 17.8 Å². The second-order valence-corrected chi connectivity index (χ2v) is 8.87. The molecule has 5 nitrogen and oxygen atoms in total. The van der Waals surface area contributed by atoms with Crippen molar-refractivity contribution in [1.82, 2.24) is 5.32 Å². The van der Waals surface area contributed by atoms with Gasteiger partial charge in [0.2, 0.25) is 0 Å². The lowest BCUT2D eigenvalue weighted by Crippen LogP contribution is -2.20. The number of hydrogen-bond donors (Lipinski definition) is 1. The van der Waals surface area contributed by atoms with Crippen LogP contribution < -0.4 is 5.32 Å². The quantitative estimate of drug-likeness (QED) is 0.165. The molecule has 0 saturated heterocycles. The number of nitrogens with one attached hydrogen (secondary N) is 1. The van der Waals surface area contributed by atoms with Gasteiger partial charge in [-0.3, -0.25) is 19.7 Å². The van der Waals surface area contributed by atoms with Gasteiger partial charge in [0.1, 0.15) is 6.61 Å². The van der Waals surface area contributed by atoms with Gasteiger partial charge in [0.25, 0.3) is 11.8 Å². The van der Waals surface area contributed by atoms with Gasteiger partial charge < -0.3 is 4.74 Å². The minimum atomic E-state index is -0.458. The summed E-state index contributed by atoms with van der Waals surface area (Å²) >= 11 is 0. The fourth-order valence-electron chi connectivity index (χ4n) is 4.43. The Morgan fingerprint density at radius 1 is 0.941 bits per heavy atom. The van der Waals surface area contributed by atoms with Gasteiger partial charge >= 0.3 is 5.97 Å². The van der Waals surface area contributed by atoms with E-state index in [0.717, 1.165) is 24.8 Å². The number of fused-ring (bicyclic) bond motifs is 1. The molecule has 0 aromatic heterocycles. The van der Waals surface area contributed by atoms with Crippen LogP contribution in [0.5, 0.6) is 0 Å². The van der Waals surface area contributed by atoms with Gasteiger partial charge in [0.05, 0.1) is 17.5 Å². The second kappa shape index (κ2) is 12.9. The van der Waals surface area contributed by atoms with Crippen molar-refractivity contribution in [1.29, 1.82) is 0 Å². The molecule has 0 aliphatic carbocycles. The van der Waals surface area contributed by atoms with E-state index in [1.807, 2.05) is 6.08 Å². The van der Waals surface area contributed by atoms with Gasteiger partial charge in [-0.15, -0.1) is 6.58 Å². The molecule has 1 N–H and O–H groups in total. The maximum atomic E-state index is 12.5. The lowest BCUT2D eigenvalue weighted by molar-refractivity contribution is -0.144. The first-order chi connectivity index (χ1) is 16.5. The summed E-state index contributed by atoms with van der Waals surface area (Å²) < 4.78 is 5.53. The van der Waals surface area contributed by atoms with Gasteiger partial charge in [0, 0.05) is 0 Å². The van der Waals surface area contributed by atoms with Crippen LogP contribution in [0.2, 0.25) is 0 Å². The molecule has 2 aromatic carbocycles. The highest BCUT2D eigenvalue weighted by molar-refractivity contribution is 6.22. The molecule has 0 bridgehead atoms. The number of rotatable bonds is 14. The Hall–Kier alpha value is -3.21. The van der Waals surface area contributed by atoms with E-state index in [4.69, 9.17) is 4.74 Å². The molecule has 0 atom stereocenters. The van der Waals surface area contributed by atoms with E-state index in [9.17, 15) is 14.4 Å². The first kappa shape index (κ1) is 25.4. The van der Waals surface area contributed by atoms with Crippen LogP contribution in [0.4, 0.5) is 0 Å². The summed E-state index contributed by atoms with van der Waals surface area (Å²) in [6, 6.07) is 11.4. The van der Waals surface area contributed by atoms with Crippen LogP contribution in [0.3, 0.4) is 0 Å². The molecule has 3 rings (SSSR count). The Morgan fingerprint density at radius 3 is 2.47 bits per heavy atom. The van der Waals surface area contributed by atoms with Gasteiger partial charge in [-0.25, -0.2) is 0 Å². The summed E-state index contributed by atoms with van der Waals surface area (Å²) in [5, 5.41) is 2.27. The summed E-state index contributed by atoms with van der Waals surface area (Å²) in [4.78, 5) is 36.4. The summed E-state index contributed by atoms with van der Waals surface area (Å²) in [5.74, 6) is -1.30. The number of imide groups is 1. The number of carbonyl (C=O) groups excluding carboxylic acids is 3. The zero-order valence-electron chi connectivity index (χ0n) is 20.2. The minimum Gasteiger partial charge on any atom is -0.461 e. The number of carbonyl (C=O) groups is 3. The molecule has 2 amide bonds. The standard InChI is InChI=1S/C29H35NO4/c1-3-5-6-7-8-9-10-11-13-21-16-17-24(22(4-2)18-21)20-34-26(31)19-23-14-12-15-25-27(23)29(33)30-28(25)32/h3,12,14-18H,1,4-11,13,19-20H2,2H3,(H,30,32,33). The third-order valence-electron chi connectivity index (χ3n) is 6.35. The number of allylic oxidation sites excluding steroid dienone is 1. The smallest absolute Gasteiger partial charge is 0.310 e. The highest BCUT2D eigenvalue weighted by Gasteiger charge is 2.29. The van der Waals surface area contributed by atoms with Gasteiger partial charge in [-0.2, -0.15) is 0 Å². The van der Waals surface area contributed by atoms with E-state index in [-0.39, 0.29) is 18.6 Å². The fraction of sp³-hybridized carbons (Fsp3) is 0.414. The van der Waals surface area contributed by atoms with Crippen molar-refractivity contribution in [3.63, 3.8) is 0 Å². The van der Waals surface area contributed by atoms with Crippen molar-refractivity contribution >= 4 is 17.8 Å². The second-order valence-electron chi connectivity index (χ2n) is 8.87. The number of hydrogen-bond acceptors (Lipinski definition) is 4. The number of esters is 1. The first-order valence-electron chi connectivity index (χ1n) is 12.4. The van der Waals surface area contributed by atoms with E-state index in [1.165, 1.54) is 49.7 Å². The molecule has 34 heavy (non-hydrogen) atoms. The average Bonchev–Trinajstić information content (AvgIpc) is 3.13. The van der Waals surface area contributed by atoms with Crippen molar-refractivity contribution in [2.24, 2.45) is 0 Å². The molecule has 1 aliphatic rings. The Kier molecular flexibility index (Phi) is 9.62. The predicted octanol–water partition coefficient (Wildman–Crippen LogP) is 5.88. The van der Waals surface area contributed by atoms with E-state index in [1.54, 1.807) is 18.2 Å². The largest absolute Gasteiger partial charge is 0.461 e. The Bertz CT molecular complexity index is 1040. The normalized spacial score (nSPS) is 12.4. The first-order valence-corrected chi connectivity index (χ1v) is 12.4. The summed E-state index contributed by atoms with van der Waals surface area (Å²) in [5.41, 5.74) is 4.63. The molecule has 0 spiro atoms. The topological polar surface area (TPSA) is 72.5 Å². The molecule has 0 unspecified atom stereocenters. The maximum Gasteiger partial charge on any atom is 0.310 e. The molecule has 0 fully saturated rings. The SMILES string of the molecule is C=CCCCCCCCCc1ccc(COC(=O)Cc2cccc3c2C(=O)NC3=O)c(CC)c1. The zero-order chi connectivity index (χ0) is 24.3. The molecule has 2 aromatic rings. The Labute approximate surface area is 202 Å². The number of ether oxygens (including phenoxy) is 1. The summed E-state index contributed by atoms with van der Waals surface area (Å²) in [6.07, 6.45) is 12.6. The average molecular weight is 462 g/mol. The molecule has 1 heterocycles. The lowest BCUT2D eigenvalue weighted by atomic mass is 9.98. The van der Waals surface area contributed by atoms with Crippen molar-refractivity contribution in [3.05, 3.63) is 82.4 Å². The van der Waals surface area contributed by atoms with Crippen molar-refractivity contribution < 1.29 is 19.1 Å². The molecule has 0 radical (unpaired) electrons. The van der Waals surface area contributed by atoms with E-state index in [2.05, 4.69) is 37.0 Å². The molecule has 0 saturated carbocycles. The third-order valence-corrected chi connectivity index (χ3v) is 6.35. The Morgan fingerprint density at radius 2 is 1.71 bits per heavy atom. The summed E-state index contributed by atoms with van der Waals surface area (Å²) in [7, 11) is 0. The van der Waals surface area contributed by atoms with Crippen molar-refractivity contribution in [2.75, 3.05) is 0 Å². The van der Waals surface area contributed by atoms with Crippen LogP contribution >= 0.6 is 0 Å². The van der Waals surface area contributed by atoms with E-state index >= 15 is 0 Å². The van der Waals surface area contributed by atoms with Crippen LogP contribution in [-0.4, -0.2) is 17.8 Å². The molecular weight excluding hydrogens is 426 g/mol. The molecule has 180 valence electrons. The highest BCUT2D eigenvalue weighted by atomic mass is 16.5. The predicted molar refractivity (Wildman–Crippen MR) is 134 cm³/mol. The lowest BCUT2D eigenvalue weighted by Gasteiger charge is -2.12. The molecular formula is C29H35NO4. The number of aryl methyl sites for hydroxylation is 2. The van der Waals surface area contributed by atoms with Crippen molar-refractivity contribution in [2.45, 2.75) is 77.7 Å². The number of amides is 2. The van der Waals surface area contributed by atoms with Crippen LogP contribution in [0.25, 0.3) is 0 Å². The number of benzene rings is 2. The summed E-state index contributed by atoms with van der Waals surface area (Å²) in [6.45, 7) is 6.08. The van der Waals surface area contributed by atoms with Gasteiger partial charge in [0.15, 0.2) is 0 Å². The number of unbranched alkanes of at least 4 members (excludes halogenated alkanes) is 6. The Balaban J connectivity index is 1.48. The highest BCUT2D eigenvalue weighted by Crippen LogP contribution is 2.22. The van der Waals surface area contributed by atoms with Gasteiger partial charge in [-0.1, -0.05) is 69.0 Å². The zero-order valence-corrected chi connectivity index (χ0v) is 20.2. The van der Waals surface area contributed by atoms with Crippen LogP contribution in [-0.2, 0) is 35.4 Å². The maximum absolute atomic E-state index is 12.5. The third kappa shape index (κ3) is 6.89. The van der Waals surface area contributed by atoms with Crippen molar-refractivity contribution in [3.8, 4) is 0 Å². The molecule has 5 heteroatoms. The van der Waals surface area contributed by atoms with Crippen LogP contribution in [0.15, 0.2) is 49.1 Å². The van der Waals surface area contributed by atoms with Gasteiger partial charge in [-0.05, 0) is 60.4 Å². The van der Waals surface area contributed by atoms with Crippen LogP contribution in [0, 0.1) is 0 Å². The minimum absolute atomic E-state index is 0.0446.